The minimum absolute atomic E-state index is 0.0509. The average Bonchev–Trinajstić information content (AvgIpc) is 3.16. The third kappa shape index (κ3) is 3.70. The van der Waals surface area contributed by atoms with Crippen LogP contribution in [0.4, 0.5) is 4.39 Å². The maximum atomic E-state index is 14.0. The Morgan fingerprint density at radius 1 is 1.09 bits per heavy atom. The Bertz CT molecular complexity index is 1300. The van der Waals surface area contributed by atoms with Crippen molar-refractivity contribution in [1.82, 2.24) is 14.2 Å². The Balaban J connectivity index is 1.28. The molecule has 1 fully saturated rings. The zero-order valence-corrected chi connectivity index (χ0v) is 18.9. The van der Waals surface area contributed by atoms with E-state index in [4.69, 9.17) is 11.6 Å². The number of H-pyrrole nitrogens is 1. The number of carbonyl (C=O) groups excluding carboxylic acids is 1. The highest BCUT2D eigenvalue weighted by molar-refractivity contribution is 7.89. The van der Waals surface area contributed by atoms with Crippen molar-refractivity contribution in [2.45, 2.75) is 30.7 Å². The van der Waals surface area contributed by atoms with Gasteiger partial charge in [0.15, 0.2) is 0 Å². The van der Waals surface area contributed by atoms with E-state index < -0.39 is 15.8 Å². The number of carbonyl (C=O) groups is 1. The number of hydrogen-bond acceptors (Lipinski definition) is 3. The van der Waals surface area contributed by atoms with Crippen LogP contribution in [-0.2, 0) is 27.8 Å². The summed E-state index contributed by atoms with van der Waals surface area (Å²) >= 11 is 6.17. The molecule has 3 aromatic rings. The minimum Gasteiger partial charge on any atom is -0.358 e. The molecule has 168 valence electrons. The van der Waals surface area contributed by atoms with Gasteiger partial charge in [0.2, 0.25) is 15.9 Å². The molecule has 0 radical (unpaired) electrons. The number of aromatic amines is 1. The molecule has 1 saturated heterocycles. The van der Waals surface area contributed by atoms with Crippen LogP contribution in [0.15, 0.2) is 47.4 Å². The molecular formula is C23H23ClFN3O3S. The number of hydrogen-bond donors (Lipinski definition) is 1. The first-order chi connectivity index (χ1) is 15.3. The third-order valence-corrected chi connectivity index (χ3v) is 8.67. The topological polar surface area (TPSA) is 73.5 Å². The van der Waals surface area contributed by atoms with Crippen LogP contribution >= 0.6 is 11.6 Å². The van der Waals surface area contributed by atoms with Gasteiger partial charge >= 0.3 is 0 Å². The molecule has 3 heterocycles. The standard InChI is InChI=1S/C23H23ClFN3O3S/c24-16-5-6-20-17(13-16)18-14-27(10-9-21(18)26-20)23(29)15-7-11-28(12-8-15)32(30,31)22-4-2-1-3-19(22)25/h1-6,13,15,26H,7-12,14H2. The molecule has 2 aliphatic rings. The lowest BCUT2D eigenvalue weighted by molar-refractivity contribution is -0.137. The molecule has 2 aromatic carbocycles. The number of benzene rings is 2. The lowest BCUT2D eigenvalue weighted by Crippen LogP contribution is -2.45. The van der Waals surface area contributed by atoms with Gasteiger partial charge in [-0.15, -0.1) is 0 Å². The summed E-state index contributed by atoms with van der Waals surface area (Å²) < 4.78 is 41.0. The number of piperidine rings is 1. The first-order valence-electron chi connectivity index (χ1n) is 10.7. The Kier molecular flexibility index (Phi) is 5.47. The summed E-state index contributed by atoms with van der Waals surface area (Å²) in [5.74, 6) is -0.943. The van der Waals surface area contributed by atoms with Crippen LogP contribution in [0.2, 0.25) is 5.02 Å². The predicted octanol–water partition coefficient (Wildman–Crippen LogP) is 3.95. The summed E-state index contributed by atoms with van der Waals surface area (Å²) in [6, 6.07) is 11.1. The zero-order chi connectivity index (χ0) is 22.5. The molecule has 0 bridgehead atoms. The van der Waals surface area contributed by atoms with Crippen molar-refractivity contribution >= 4 is 38.4 Å². The Hall–Kier alpha value is -2.42. The van der Waals surface area contributed by atoms with Crippen molar-refractivity contribution in [3.8, 4) is 0 Å². The van der Waals surface area contributed by atoms with Gasteiger partial charge in [-0.1, -0.05) is 23.7 Å². The number of sulfonamides is 1. The Morgan fingerprint density at radius 2 is 1.84 bits per heavy atom. The largest absolute Gasteiger partial charge is 0.358 e. The second-order valence-electron chi connectivity index (χ2n) is 8.39. The van der Waals surface area contributed by atoms with Crippen molar-refractivity contribution in [3.05, 3.63) is 64.6 Å². The summed E-state index contributed by atoms with van der Waals surface area (Å²) in [5.41, 5.74) is 3.25. The number of rotatable bonds is 3. The highest BCUT2D eigenvalue weighted by Crippen LogP contribution is 2.32. The molecule has 0 aliphatic carbocycles. The van der Waals surface area contributed by atoms with Gasteiger partial charge in [0.25, 0.3) is 0 Å². The SMILES string of the molecule is O=C(C1CCN(S(=O)(=O)c2ccccc2F)CC1)N1CCc2[nH]c3ccc(Cl)cc3c2C1. The molecule has 0 spiro atoms. The highest BCUT2D eigenvalue weighted by atomic mass is 35.5. The van der Waals surface area contributed by atoms with Gasteiger partial charge in [-0.05, 0) is 43.2 Å². The van der Waals surface area contributed by atoms with Crippen LogP contribution in [0.3, 0.4) is 0 Å². The highest BCUT2D eigenvalue weighted by Gasteiger charge is 2.36. The van der Waals surface area contributed by atoms with Crippen LogP contribution in [-0.4, -0.2) is 48.1 Å². The molecule has 1 aromatic heterocycles. The number of halogens is 2. The second kappa shape index (κ2) is 8.17. The van der Waals surface area contributed by atoms with Gasteiger partial charge in [-0.25, -0.2) is 12.8 Å². The number of fused-ring (bicyclic) bond motifs is 3. The molecule has 32 heavy (non-hydrogen) atoms. The van der Waals surface area contributed by atoms with Crippen LogP contribution in [0, 0.1) is 11.7 Å². The lowest BCUT2D eigenvalue weighted by Gasteiger charge is -2.35. The number of nitrogens with one attached hydrogen (secondary N) is 1. The summed E-state index contributed by atoms with van der Waals surface area (Å²) in [7, 11) is -3.91. The predicted molar refractivity (Wildman–Crippen MR) is 120 cm³/mol. The van der Waals surface area contributed by atoms with E-state index in [1.54, 1.807) is 0 Å². The summed E-state index contributed by atoms with van der Waals surface area (Å²) in [6.45, 7) is 1.55. The van der Waals surface area contributed by atoms with Gasteiger partial charge in [0.05, 0.1) is 0 Å². The van der Waals surface area contributed by atoms with Gasteiger partial charge < -0.3 is 9.88 Å². The number of aromatic nitrogens is 1. The molecule has 6 nitrogen and oxygen atoms in total. The maximum Gasteiger partial charge on any atom is 0.245 e. The van der Waals surface area contributed by atoms with Crippen molar-refractivity contribution in [3.63, 3.8) is 0 Å². The van der Waals surface area contributed by atoms with Gasteiger partial charge in [0.1, 0.15) is 10.7 Å². The number of nitrogens with zero attached hydrogens (tertiary/aromatic N) is 2. The van der Waals surface area contributed by atoms with Crippen LogP contribution < -0.4 is 0 Å². The molecule has 2 aliphatic heterocycles. The third-order valence-electron chi connectivity index (χ3n) is 6.51. The summed E-state index contributed by atoms with van der Waals surface area (Å²) in [5, 5.41) is 1.70. The quantitative estimate of drug-likeness (QED) is 0.623. The monoisotopic (exact) mass is 475 g/mol. The van der Waals surface area contributed by atoms with Crippen molar-refractivity contribution in [1.29, 1.82) is 0 Å². The zero-order valence-electron chi connectivity index (χ0n) is 17.4. The molecule has 1 amide bonds. The molecule has 5 rings (SSSR count). The van der Waals surface area contributed by atoms with Crippen LogP contribution in [0.5, 0.6) is 0 Å². The maximum absolute atomic E-state index is 14.0. The fraction of sp³-hybridized carbons (Fsp3) is 0.348. The second-order valence-corrected chi connectivity index (χ2v) is 10.7. The normalized spacial score (nSPS) is 18.1. The van der Waals surface area contributed by atoms with Crippen LogP contribution in [0.25, 0.3) is 10.9 Å². The molecule has 9 heteroatoms. The smallest absolute Gasteiger partial charge is 0.245 e. The van der Waals surface area contributed by atoms with E-state index in [1.165, 1.54) is 22.5 Å². The molecule has 0 unspecified atom stereocenters. The average molecular weight is 476 g/mol. The molecular weight excluding hydrogens is 453 g/mol. The van der Waals surface area contributed by atoms with Crippen molar-refractivity contribution < 1.29 is 17.6 Å². The van der Waals surface area contributed by atoms with Gasteiger partial charge in [0, 0.05) is 65.7 Å². The van der Waals surface area contributed by atoms with Gasteiger partial charge in [-0.2, -0.15) is 4.31 Å². The molecule has 0 atom stereocenters. The van der Waals surface area contributed by atoms with E-state index in [1.807, 2.05) is 23.1 Å². The van der Waals surface area contributed by atoms with E-state index in [9.17, 15) is 17.6 Å². The first-order valence-corrected chi connectivity index (χ1v) is 12.5. The Labute approximate surface area is 191 Å². The molecule has 0 saturated carbocycles. The molecule has 1 N–H and O–H groups in total. The summed E-state index contributed by atoms with van der Waals surface area (Å²) in [6.07, 6.45) is 1.60. The lowest BCUT2D eigenvalue weighted by atomic mass is 9.95. The van der Waals surface area contributed by atoms with E-state index in [-0.39, 0.29) is 29.8 Å². The van der Waals surface area contributed by atoms with Gasteiger partial charge in [-0.3, -0.25) is 4.79 Å². The first kappa shape index (κ1) is 21.4. The van der Waals surface area contributed by atoms with Crippen molar-refractivity contribution in [2.24, 2.45) is 5.92 Å². The van der Waals surface area contributed by atoms with E-state index in [2.05, 4.69) is 4.98 Å². The fourth-order valence-electron chi connectivity index (χ4n) is 4.77. The number of amides is 1. The van der Waals surface area contributed by atoms with Crippen LogP contribution in [0.1, 0.15) is 24.1 Å². The minimum atomic E-state index is -3.91. The van der Waals surface area contributed by atoms with Crippen molar-refractivity contribution in [2.75, 3.05) is 19.6 Å². The van der Waals surface area contributed by atoms with E-state index in [0.717, 1.165) is 34.6 Å². The van der Waals surface area contributed by atoms with E-state index >= 15 is 0 Å². The summed E-state index contributed by atoms with van der Waals surface area (Å²) in [4.78, 5) is 18.2. The van der Waals surface area contributed by atoms with E-state index in [0.29, 0.717) is 31.0 Å². The fourth-order valence-corrected chi connectivity index (χ4v) is 6.48. The Morgan fingerprint density at radius 3 is 2.59 bits per heavy atom.